The van der Waals surface area contributed by atoms with Gasteiger partial charge in [-0.3, -0.25) is 0 Å². The fourth-order valence-corrected chi connectivity index (χ4v) is 3.27. The van der Waals surface area contributed by atoms with Gasteiger partial charge in [-0.25, -0.2) is 4.98 Å². The number of aromatic nitrogens is 2. The highest BCUT2D eigenvalue weighted by molar-refractivity contribution is 5.75. The smallest absolute Gasteiger partial charge is 0.164 e. The quantitative estimate of drug-likeness (QED) is 0.718. The molecule has 0 fully saturated rings. The second-order valence-corrected chi connectivity index (χ2v) is 6.04. The molecule has 0 amide bonds. The molecule has 0 saturated heterocycles. The minimum absolute atomic E-state index is 0.101. The van der Waals surface area contributed by atoms with Crippen molar-refractivity contribution in [3.8, 4) is 11.5 Å². The lowest BCUT2D eigenvalue weighted by Crippen LogP contribution is -2.19. The Hall–Kier alpha value is -2.53. The van der Waals surface area contributed by atoms with E-state index in [-0.39, 0.29) is 5.92 Å². The number of benzene rings is 2. The predicted octanol–water partition coefficient (Wildman–Crippen LogP) is 3.27. The zero-order valence-corrected chi connectivity index (χ0v) is 15.0. The standard InChI is InChI=1S/C20H25N3O2/c1-4-25-19-14(8-7-11-18(19)24-3)12-15(13-21)20-22-16-9-5-6-10-17(16)23(20)2/h5-11,15H,4,12-13,21H2,1-3H3. The number of para-hydroxylation sites is 3. The van der Waals surface area contributed by atoms with Crippen molar-refractivity contribution in [1.29, 1.82) is 0 Å². The van der Waals surface area contributed by atoms with Crippen molar-refractivity contribution >= 4 is 11.0 Å². The zero-order chi connectivity index (χ0) is 17.8. The highest BCUT2D eigenvalue weighted by atomic mass is 16.5. The maximum Gasteiger partial charge on any atom is 0.164 e. The molecule has 1 atom stereocenters. The van der Waals surface area contributed by atoms with Crippen LogP contribution in [0.1, 0.15) is 24.2 Å². The number of nitrogens with two attached hydrogens (primary N) is 1. The normalized spacial score (nSPS) is 12.3. The number of hydrogen-bond donors (Lipinski definition) is 1. The van der Waals surface area contributed by atoms with E-state index in [1.54, 1.807) is 7.11 Å². The molecule has 0 saturated carbocycles. The Kier molecular flexibility index (Phi) is 5.24. The van der Waals surface area contributed by atoms with Gasteiger partial charge in [-0.05, 0) is 37.1 Å². The minimum Gasteiger partial charge on any atom is -0.493 e. The summed E-state index contributed by atoms with van der Waals surface area (Å²) in [7, 11) is 3.70. The van der Waals surface area contributed by atoms with Gasteiger partial charge in [0.25, 0.3) is 0 Å². The van der Waals surface area contributed by atoms with Crippen LogP contribution in [0.25, 0.3) is 11.0 Å². The number of nitrogens with zero attached hydrogens (tertiary/aromatic N) is 2. The van der Waals surface area contributed by atoms with E-state index in [2.05, 4.69) is 16.7 Å². The maximum atomic E-state index is 6.11. The van der Waals surface area contributed by atoms with Crippen LogP contribution in [-0.2, 0) is 13.5 Å². The van der Waals surface area contributed by atoms with E-state index in [9.17, 15) is 0 Å². The van der Waals surface area contributed by atoms with Gasteiger partial charge in [0.1, 0.15) is 5.82 Å². The van der Waals surface area contributed by atoms with Crippen molar-refractivity contribution in [2.24, 2.45) is 12.8 Å². The van der Waals surface area contributed by atoms with Crippen LogP contribution in [0.15, 0.2) is 42.5 Å². The number of hydrogen-bond acceptors (Lipinski definition) is 4. The van der Waals surface area contributed by atoms with Gasteiger partial charge in [-0.1, -0.05) is 24.3 Å². The van der Waals surface area contributed by atoms with Crippen LogP contribution in [0.3, 0.4) is 0 Å². The molecule has 0 radical (unpaired) electrons. The highest BCUT2D eigenvalue weighted by Gasteiger charge is 2.21. The summed E-state index contributed by atoms with van der Waals surface area (Å²) in [6, 6.07) is 14.1. The molecule has 5 nitrogen and oxygen atoms in total. The monoisotopic (exact) mass is 339 g/mol. The van der Waals surface area contributed by atoms with Crippen LogP contribution < -0.4 is 15.2 Å². The summed E-state index contributed by atoms with van der Waals surface area (Å²) in [4.78, 5) is 4.81. The maximum absolute atomic E-state index is 6.11. The Balaban J connectivity index is 1.98. The van der Waals surface area contributed by atoms with Crippen LogP contribution in [0.5, 0.6) is 11.5 Å². The fourth-order valence-electron chi connectivity index (χ4n) is 3.27. The first-order valence-corrected chi connectivity index (χ1v) is 8.59. The van der Waals surface area contributed by atoms with Gasteiger partial charge in [-0.15, -0.1) is 0 Å². The molecule has 2 N–H and O–H groups in total. The van der Waals surface area contributed by atoms with E-state index >= 15 is 0 Å². The lowest BCUT2D eigenvalue weighted by Gasteiger charge is -2.19. The predicted molar refractivity (Wildman–Crippen MR) is 100 cm³/mol. The van der Waals surface area contributed by atoms with E-state index in [0.29, 0.717) is 13.2 Å². The molecule has 132 valence electrons. The minimum atomic E-state index is 0.101. The van der Waals surface area contributed by atoms with Crippen molar-refractivity contribution < 1.29 is 9.47 Å². The number of aryl methyl sites for hydroxylation is 1. The van der Waals surface area contributed by atoms with Gasteiger partial charge in [0.2, 0.25) is 0 Å². The first kappa shape index (κ1) is 17.3. The number of methoxy groups -OCH3 is 1. The third kappa shape index (κ3) is 3.33. The van der Waals surface area contributed by atoms with E-state index in [4.69, 9.17) is 20.2 Å². The van der Waals surface area contributed by atoms with Gasteiger partial charge in [0.15, 0.2) is 11.5 Å². The zero-order valence-electron chi connectivity index (χ0n) is 15.0. The highest BCUT2D eigenvalue weighted by Crippen LogP contribution is 2.34. The van der Waals surface area contributed by atoms with E-state index in [0.717, 1.165) is 40.3 Å². The van der Waals surface area contributed by atoms with Crippen molar-refractivity contribution in [3.05, 3.63) is 53.9 Å². The second kappa shape index (κ2) is 7.57. The van der Waals surface area contributed by atoms with Gasteiger partial charge < -0.3 is 19.8 Å². The topological polar surface area (TPSA) is 62.3 Å². The van der Waals surface area contributed by atoms with Gasteiger partial charge in [-0.2, -0.15) is 0 Å². The largest absolute Gasteiger partial charge is 0.493 e. The van der Waals surface area contributed by atoms with Gasteiger partial charge in [0.05, 0.1) is 24.8 Å². The lowest BCUT2D eigenvalue weighted by atomic mass is 9.97. The molecule has 0 aliphatic carbocycles. The summed E-state index contributed by atoms with van der Waals surface area (Å²) in [5.74, 6) is 2.64. The Bertz CT molecular complexity index is 857. The molecule has 1 heterocycles. The molecule has 25 heavy (non-hydrogen) atoms. The summed E-state index contributed by atoms with van der Waals surface area (Å²) in [6.45, 7) is 3.08. The van der Waals surface area contributed by atoms with E-state index in [1.807, 2.05) is 44.3 Å². The van der Waals surface area contributed by atoms with Crippen molar-refractivity contribution in [3.63, 3.8) is 0 Å². The number of fused-ring (bicyclic) bond motifs is 1. The Labute approximate surface area is 148 Å². The van der Waals surface area contributed by atoms with Crippen LogP contribution in [0.2, 0.25) is 0 Å². The van der Waals surface area contributed by atoms with Gasteiger partial charge in [0, 0.05) is 19.5 Å². The van der Waals surface area contributed by atoms with Crippen molar-refractivity contribution in [2.75, 3.05) is 20.3 Å². The summed E-state index contributed by atoms with van der Waals surface area (Å²) >= 11 is 0. The first-order chi connectivity index (χ1) is 12.2. The van der Waals surface area contributed by atoms with Crippen LogP contribution in [0, 0.1) is 0 Å². The van der Waals surface area contributed by atoms with Crippen LogP contribution >= 0.6 is 0 Å². The third-order valence-electron chi connectivity index (χ3n) is 4.51. The fraction of sp³-hybridized carbons (Fsp3) is 0.350. The molecule has 5 heteroatoms. The molecule has 3 aromatic rings. The summed E-state index contributed by atoms with van der Waals surface area (Å²) in [6.07, 6.45) is 0.750. The van der Waals surface area contributed by atoms with E-state index in [1.165, 1.54) is 0 Å². The van der Waals surface area contributed by atoms with Crippen molar-refractivity contribution in [1.82, 2.24) is 9.55 Å². The molecule has 0 spiro atoms. The number of imidazole rings is 1. The summed E-state index contributed by atoms with van der Waals surface area (Å²) < 4.78 is 13.4. The average Bonchev–Trinajstić information content (AvgIpc) is 2.98. The van der Waals surface area contributed by atoms with Crippen LogP contribution in [-0.4, -0.2) is 29.8 Å². The molecule has 0 bridgehead atoms. The van der Waals surface area contributed by atoms with Crippen LogP contribution in [0.4, 0.5) is 0 Å². The molecule has 1 unspecified atom stereocenters. The lowest BCUT2D eigenvalue weighted by molar-refractivity contribution is 0.307. The van der Waals surface area contributed by atoms with Crippen molar-refractivity contribution in [2.45, 2.75) is 19.3 Å². The molecular weight excluding hydrogens is 314 g/mol. The third-order valence-corrected chi connectivity index (χ3v) is 4.51. The number of ether oxygens (including phenoxy) is 2. The average molecular weight is 339 g/mol. The Morgan fingerprint density at radius 2 is 1.96 bits per heavy atom. The molecular formula is C20H25N3O2. The molecule has 3 rings (SSSR count). The Morgan fingerprint density at radius 3 is 2.64 bits per heavy atom. The molecule has 2 aromatic carbocycles. The second-order valence-electron chi connectivity index (χ2n) is 6.04. The number of rotatable bonds is 7. The summed E-state index contributed by atoms with van der Waals surface area (Å²) in [5.41, 5.74) is 9.31. The molecule has 0 aliphatic heterocycles. The summed E-state index contributed by atoms with van der Waals surface area (Å²) in [5, 5.41) is 0. The molecule has 1 aromatic heterocycles. The Morgan fingerprint density at radius 1 is 1.16 bits per heavy atom. The molecule has 0 aliphatic rings. The first-order valence-electron chi connectivity index (χ1n) is 8.59. The SMILES string of the molecule is CCOc1c(CC(CN)c2nc3ccccc3n2C)cccc1OC. The van der Waals surface area contributed by atoms with E-state index < -0.39 is 0 Å². The van der Waals surface area contributed by atoms with Gasteiger partial charge >= 0.3 is 0 Å².